The fraction of sp³-hybridized carbons (Fsp3) is 0.667. The standard InChI is InChI=1S/C18H29NO/c1-3-4-14(2)19-13-15-5-7-16(8-6-15)17-9-11-18(20)12-10-17/h5-8,14,17-20H,3-4,9-13H2,1-2H3. The molecule has 0 heterocycles. The van der Waals surface area contributed by atoms with Crippen LogP contribution in [0.1, 0.15) is 69.4 Å². The van der Waals surface area contributed by atoms with Gasteiger partial charge in [0.25, 0.3) is 0 Å². The number of hydrogen-bond acceptors (Lipinski definition) is 2. The van der Waals surface area contributed by atoms with Gasteiger partial charge in [0.05, 0.1) is 6.10 Å². The van der Waals surface area contributed by atoms with Crippen molar-refractivity contribution < 1.29 is 5.11 Å². The quantitative estimate of drug-likeness (QED) is 0.823. The third-order valence-electron chi connectivity index (χ3n) is 4.52. The number of rotatable bonds is 6. The average molecular weight is 275 g/mol. The van der Waals surface area contributed by atoms with Crippen LogP contribution in [-0.2, 0) is 6.54 Å². The molecular weight excluding hydrogens is 246 g/mol. The average Bonchev–Trinajstić information content (AvgIpc) is 2.47. The third kappa shape index (κ3) is 4.60. The second-order valence-electron chi connectivity index (χ2n) is 6.32. The highest BCUT2D eigenvalue weighted by Crippen LogP contribution is 2.32. The van der Waals surface area contributed by atoms with E-state index in [-0.39, 0.29) is 6.10 Å². The van der Waals surface area contributed by atoms with E-state index < -0.39 is 0 Å². The van der Waals surface area contributed by atoms with Crippen molar-refractivity contribution in [1.29, 1.82) is 0 Å². The monoisotopic (exact) mass is 275 g/mol. The lowest BCUT2D eigenvalue weighted by Crippen LogP contribution is -2.25. The first kappa shape index (κ1) is 15.5. The molecule has 1 aromatic rings. The first-order chi connectivity index (χ1) is 9.69. The second-order valence-corrected chi connectivity index (χ2v) is 6.32. The summed E-state index contributed by atoms with van der Waals surface area (Å²) in [7, 11) is 0. The Kier molecular flexibility index (Phi) is 6.06. The Morgan fingerprint density at radius 3 is 2.40 bits per heavy atom. The smallest absolute Gasteiger partial charge is 0.0540 e. The van der Waals surface area contributed by atoms with Gasteiger partial charge >= 0.3 is 0 Å². The molecule has 1 aliphatic rings. The molecule has 2 N–H and O–H groups in total. The van der Waals surface area contributed by atoms with Crippen molar-refractivity contribution in [2.24, 2.45) is 0 Å². The molecule has 1 fully saturated rings. The number of hydrogen-bond donors (Lipinski definition) is 2. The van der Waals surface area contributed by atoms with Crippen LogP contribution in [-0.4, -0.2) is 17.3 Å². The molecule has 2 rings (SSSR count). The Balaban J connectivity index is 1.83. The van der Waals surface area contributed by atoms with Crippen LogP contribution in [0.5, 0.6) is 0 Å². The topological polar surface area (TPSA) is 32.3 Å². The molecule has 0 saturated heterocycles. The molecule has 0 bridgehead atoms. The molecule has 0 spiro atoms. The molecule has 1 unspecified atom stereocenters. The van der Waals surface area contributed by atoms with Crippen LogP contribution >= 0.6 is 0 Å². The van der Waals surface area contributed by atoms with Gasteiger partial charge in [-0.15, -0.1) is 0 Å². The molecule has 2 nitrogen and oxygen atoms in total. The lowest BCUT2D eigenvalue weighted by Gasteiger charge is -2.25. The summed E-state index contributed by atoms with van der Waals surface area (Å²) in [5, 5.41) is 13.1. The predicted octanol–water partition coefficient (Wildman–Crippen LogP) is 3.98. The van der Waals surface area contributed by atoms with E-state index in [1.807, 2.05) is 0 Å². The summed E-state index contributed by atoms with van der Waals surface area (Å²) < 4.78 is 0. The minimum Gasteiger partial charge on any atom is -0.393 e. The first-order valence-electron chi connectivity index (χ1n) is 8.19. The maximum absolute atomic E-state index is 9.58. The number of aliphatic hydroxyl groups is 1. The SMILES string of the molecule is CCCC(C)NCc1ccc(C2CCC(O)CC2)cc1. The maximum Gasteiger partial charge on any atom is 0.0540 e. The molecule has 0 radical (unpaired) electrons. The lowest BCUT2D eigenvalue weighted by atomic mass is 9.82. The molecule has 20 heavy (non-hydrogen) atoms. The van der Waals surface area contributed by atoms with E-state index in [1.165, 1.54) is 24.0 Å². The van der Waals surface area contributed by atoms with E-state index in [4.69, 9.17) is 0 Å². The Labute approximate surface area is 123 Å². The molecule has 1 atom stereocenters. The van der Waals surface area contributed by atoms with Gasteiger partial charge < -0.3 is 10.4 Å². The van der Waals surface area contributed by atoms with Crippen molar-refractivity contribution in [2.75, 3.05) is 0 Å². The normalized spacial score (nSPS) is 24.6. The van der Waals surface area contributed by atoms with E-state index in [2.05, 4.69) is 43.4 Å². The summed E-state index contributed by atoms with van der Waals surface area (Å²) in [5.74, 6) is 0.652. The summed E-state index contributed by atoms with van der Waals surface area (Å²) in [6.07, 6.45) is 6.60. The predicted molar refractivity (Wildman–Crippen MR) is 84.9 cm³/mol. The van der Waals surface area contributed by atoms with E-state index in [0.717, 1.165) is 32.2 Å². The number of benzene rings is 1. The van der Waals surface area contributed by atoms with Crippen LogP contribution in [0.25, 0.3) is 0 Å². The maximum atomic E-state index is 9.58. The van der Waals surface area contributed by atoms with Gasteiger partial charge in [-0.2, -0.15) is 0 Å². The molecular formula is C18H29NO. The highest BCUT2D eigenvalue weighted by Gasteiger charge is 2.20. The zero-order valence-electron chi connectivity index (χ0n) is 12.9. The Hall–Kier alpha value is -0.860. The van der Waals surface area contributed by atoms with Crippen molar-refractivity contribution in [3.63, 3.8) is 0 Å². The molecule has 0 aromatic heterocycles. The van der Waals surface area contributed by atoms with E-state index >= 15 is 0 Å². The van der Waals surface area contributed by atoms with Crippen LogP contribution < -0.4 is 5.32 Å². The minimum absolute atomic E-state index is 0.0604. The Morgan fingerprint density at radius 2 is 1.80 bits per heavy atom. The van der Waals surface area contributed by atoms with Gasteiger partial charge in [0, 0.05) is 12.6 Å². The first-order valence-corrected chi connectivity index (χ1v) is 8.19. The van der Waals surface area contributed by atoms with Crippen molar-refractivity contribution in [3.05, 3.63) is 35.4 Å². The van der Waals surface area contributed by atoms with Gasteiger partial charge in [-0.3, -0.25) is 0 Å². The van der Waals surface area contributed by atoms with Gasteiger partial charge in [-0.1, -0.05) is 37.6 Å². The lowest BCUT2D eigenvalue weighted by molar-refractivity contribution is 0.122. The highest BCUT2D eigenvalue weighted by molar-refractivity contribution is 5.25. The van der Waals surface area contributed by atoms with Crippen LogP contribution in [0.15, 0.2) is 24.3 Å². The minimum atomic E-state index is -0.0604. The zero-order chi connectivity index (χ0) is 14.4. The molecule has 112 valence electrons. The zero-order valence-corrected chi connectivity index (χ0v) is 12.9. The summed E-state index contributed by atoms with van der Waals surface area (Å²) in [4.78, 5) is 0. The molecule has 0 aliphatic heterocycles. The van der Waals surface area contributed by atoms with Crippen molar-refractivity contribution in [2.45, 2.75) is 77.0 Å². The Bertz CT molecular complexity index is 379. The van der Waals surface area contributed by atoms with Crippen LogP contribution in [0.4, 0.5) is 0 Å². The molecule has 1 saturated carbocycles. The van der Waals surface area contributed by atoms with Gasteiger partial charge in [-0.25, -0.2) is 0 Å². The van der Waals surface area contributed by atoms with Gasteiger partial charge in [0.15, 0.2) is 0 Å². The summed E-state index contributed by atoms with van der Waals surface area (Å²) >= 11 is 0. The molecule has 1 aromatic carbocycles. The van der Waals surface area contributed by atoms with Gasteiger partial charge in [-0.05, 0) is 56.1 Å². The van der Waals surface area contributed by atoms with Gasteiger partial charge in [0.1, 0.15) is 0 Å². The highest BCUT2D eigenvalue weighted by atomic mass is 16.3. The largest absolute Gasteiger partial charge is 0.393 e. The van der Waals surface area contributed by atoms with Gasteiger partial charge in [0.2, 0.25) is 0 Å². The van der Waals surface area contributed by atoms with Crippen LogP contribution in [0.2, 0.25) is 0 Å². The van der Waals surface area contributed by atoms with Crippen molar-refractivity contribution >= 4 is 0 Å². The summed E-state index contributed by atoms with van der Waals surface area (Å²) in [6, 6.07) is 9.67. The van der Waals surface area contributed by atoms with E-state index in [0.29, 0.717) is 12.0 Å². The van der Waals surface area contributed by atoms with Crippen molar-refractivity contribution in [1.82, 2.24) is 5.32 Å². The Morgan fingerprint density at radius 1 is 1.15 bits per heavy atom. The fourth-order valence-electron chi connectivity index (χ4n) is 3.14. The van der Waals surface area contributed by atoms with Crippen LogP contribution in [0.3, 0.4) is 0 Å². The fourth-order valence-corrected chi connectivity index (χ4v) is 3.14. The molecule has 2 heteroatoms. The van der Waals surface area contributed by atoms with Crippen LogP contribution in [0, 0.1) is 0 Å². The van der Waals surface area contributed by atoms with E-state index in [9.17, 15) is 5.11 Å². The number of nitrogens with one attached hydrogen (secondary N) is 1. The third-order valence-corrected chi connectivity index (χ3v) is 4.52. The van der Waals surface area contributed by atoms with E-state index in [1.54, 1.807) is 0 Å². The van der Waals surface area contributed by atoms with Crippen molar-refractivity contribution in [3.8, 4) is 0 Å². The second kappa shape index (κ2) is 7.80. The number of aliphatic hydroxyl groups excluding tert-OH is 1. The summed E-state index contributed by atoms with van der Waals surface area (Å²) in [5.41, 5.74) is 2.81. The molecule has 1 aliphatic carbocycles. The molecule has 0 amide bonds. The summed E-state index contributed by atoms with van der Waals surface area (Å²) in [6.45, 7) is 5.45.